The molecule has 0 amide bonds. The fraction of sp³-hybridized carbons (Fsp3) is 0.133. The molecule has 19 heavy (non-hydrogen) atoms. The number of carboxylic acid groups (broad SMARTS) is 1. The van der Waals surface area contributed by atoms with Crippen molar-refractivity contribution in [3.8, 4) is 0 Å². The Morgan fingerprint density at radius 2 is 1.84 bits per heavy atom. The molecule has 4 N–H and O–H groups in total. The highest BCUT2D eigenvalue weighted by molar-refractivity contribution is 5.98. The van der Waals surface area contributed by atoms with Gasteiger partial charge in [-0.25, -0.2) is 4.79 Å². The van der Waals surface area contributed by atoms with Crippen molar-refractivity contribution in [2.45, 2.75) is 13.8 Å². The van der Waals surface area contributed by atoms with Gasteiger partial charge in [0, 0.05) is 5.69 Å². The van der Waals surface area contributed by atoms with E-state index in [1.54, 1.807) is 12.1 Å². The molecular formula is C15H16N2O2. The van der Waals surface area contributed by atoms with E-state index >= 15 is 0 Å². The van der Waals surface area contributed by atoms with E-state index in [4.69, 9.17) is 5.73 Å². The van der Waals surface area contributed by atoms with Gasteiger partial charge in [0.25, 0.3) is 0 Å². The van der Waals surface area contributed by atoms with Gasteiger partial charge in [0.15, 0.2) is 0 Å². The summed E-state index contributed by atoms with van der Waals surface area (Å²) < 4.78 is 0. The van der Waals surface area contributed by atoms with Crippen LogP contribution in [0.3, 0.4) is 0 Å². The molecule has 4 nitrogen and oxygen atoms in total. The molecule has 0 aliphatic carbocycles. The molecule has 0 heterocycles. The van der Waals surface area contributed by atoms with E-state index in [-0.39, 0.29) is 5.56 Å². The Morgan fingerprint density at radius 1 is 1.16 bits per heavy atom. The standard InChI is InChI=1S/C15H16N2O2/c1-9-5-3-8-13(10(9)2)17-14-11(15(18)19)6-4-7-12(14)16/h3-8,17H,16H2,1-2H3,(H,18,19). The Labute approximate surface area is 111 Å². The zero-order valence-corrected chi connectivity index (χ0v) is 10.9. The van der Waals surface area contributed by atoms with Gasteiger partial charge in [-0.05, 0) is 43.2 Å². The molecule has 0 saturated carbocycles. The fourth-order valence-corrected chi connectivity index (χ4v) is 1.91. The summed E-state index contributed by atoms with van der Waals surface area (Å²) in [5, 5.41) is 12.3. The van der Waals surface area contributed by atoms with E-state index in [9.17, 15) is 9.90 Å². The van der Waals surface area contributed by atoms with Crippen molar-refractivity contribution in [2.24, 2.45) is 0 Å². The highest BCUT2D eigenvalue weighted by Gasteiger charge is 2.13. The van der Waals surface area contributed by atoms with Gasteiger partial charge in [-0.1, -0.05) is 18.2 Å². The van der Waals surface area contributed by atoms with Gasteiger partial charge in [-0.3, -0.25) is 0 Å². The minimum atomic E-state index is -1.000. The van der Waals surface area contributed by atoms with Crippen LogP contribution in [0.2, 0.25) is 0 Å². The molecule has 0 spiro atoms. The van der Waals surface area contributed by atoms with E-state index in [0.717, 1.165) is 16.8 Å². The predicted molar refractivity (Wildman–Crippen MR) is 77.0 cm³/mol. The maximum atomic E-state index is 11.2. The first-order valence-electron chi connectivity index (χ1n) is 5.95. The van der Waals surface area contributed by atoms with Crippen molar-refractivity contribution in [3.63, 3.8) is 0 Å². The summed E-state index contributed by atoms with van der Waals surface area (Å²) in [6.07, 6.45) is 0. The molecule has 4 heteroatoms. The first-order valence-corrected chi connectivity index (χ1v) is 5.95. The van der Waals surface area contributed by atoms with Crippen molar-refractivity contribution in [1.29, 1.82) is 0 Å². The molecule has 0 bridgehead atoms. The molecule has 0 aliphatic rings. The number of carboxylic acids is 1. The third kappa shape index (κ3) is 2.52. The van der Waals surface area contributed by atoms with Gasteiger partial charge in [-0.2, -0.15) is 0 Å². The lowest BCUT2D eigenvalue weighted by molar-refractivity contribution is 0.0698. The van der Waals surface area contributed by atoms with Crippen LogP contribution in [0, 0.1) is 13.8 Å². The lowest BCUT2D eigenvalue weighted by Gasteiger charge is -2.15. The first kappa shape index (κ1) is 13.0. The lowest BCUT2D eigenvalue weighted by Crippen LogP contribution is -2.06. The number of rotatable bonds is 3. The average molecular weight is 256 g/mol. The largest absolute Gasteiger partial charge is 0.478 e. The van der Waals surface area contributed by atoms with Crippen molar-refractivity contribution in [3.05, 3.63) is 53.1 Å². The van der Waals surface area contributed by atoms with Gasteiger partial charge in [0.05, 0.1) is 16.9 Å². The normalized spacial score (nSPS) is 10.2. The maximum absolute atomic E-state index is 11.2. The lowest BCUT2D eigenvalue weighted by atomic mass is 10.1. The molecule has 0 aromatic heterocycles. The van der Waals surface area contributed by atoms with E-state index in [0.29, 0.717) is 11.4 Å². The van der Waals surface area contributed by atoms with Crippen LogP contribution in [0.15, 0.2) is 36.4 Å². The van der Waals surface area contributed by atoms with Crippen LogP contribution in [0.5, 0.6) is 0 Å². The maximum Gasteiger partial charge on any atom is 0.337 e. The number of hydrogen-bond acceptors (Lipinski definition) is 3. The monoisotopic (exact) mass is 256 g/mol. The molecule has 2 rings (SSSR count). The number of nitrogens with one attached hydrogen (secondary N) is 1. The van der Waals surface area contributed by atoms with Crippen LogP contribution in [0.4, 0.5) is 17.1 Å². The van der Waals surface area contributed by atoms with Gasteiger partial charge in [-0.15, -0.1) is 0 Å². The first-order chi connectivity index (χ1) is 9.00. The third-order valence-electron chi connectivity index (χ3n) is 3.19. The topological polar surface area (TPSA) is 75.3 Å². The predicted octanol–water partition coefficient (Wildman–Crippen LogP) is 3.33. The Kier molecular flexibility index (Phi) is 3.42. The van der Waals surface area contributed by atoms with Gasteiger partial charge < -0.3 is 16.2 Å². The van der Waals surface area contributed by atoms with E-state index in [1.165, 1.54) is 6.07 Å². The summed E-state index contributed by atoms with van der Waals surface area (Å²) in [6.45, 7) is 3.99. The summed E-state index contributed by atoms with van der Waals surface area (Å²) in [4.78, 5) is 11.2. The molecule has 0 radical (unpaired) electrons. The summed E-state index contributed by atoms with van der Waals surface area (Å²) in [7, 11) is 0. The molecule has 0 atom stereocenters. The summed E-state index contributed by atoms with van der Waals surface area (Å²) in [6, 6.07) is 10.7. The van der Waals surface area contributed by atoms with Crippen molar-refractivity contribution < 1.29 is 9.90 Å². The van der Waals surface area contributed by atoms with E-state index in [1.807, 2.05) is 32.0 Å². The molecule has 0 aliphatic heterocycles. The fourth-order valence-electron chi connectivity index (χ4n) is 1.91. The second kappa shape index (κ2) is 5.02. The number of anilines is 3. The molecule has 2 aromatic rings. The van der Waals surface area contributed by atoms with Crippen LogP contribution in [-0.4, -0.2) is 11.1 Å². The SMILES string of the molecule is Cc1cccc(Nc2c(N)cccc2C(=O)O)c1C. The number of hydrogen-bond donors (Lipinski definition) is 3. The molecule has 0 fully saturated rings. The number of para-hydroxylation sites is 1. The van der Waals surface area contributed by atoms with Gasteiger partial charge in [0.2, 0.25) is 0 Å². The highest BCUT2D eigenvalue weighted by atomic mass is 16.4. The molecule has 98 valence electrons. The molecule has 0 saturated heterocycles. The van der Waals surface area contributed by atoms with E-state index < -0.39 is 5.97 Å². The van der Waals surface area contributed by atoms with Crippen molar-refractivity contribution in [2.75, 3.05) is 11.1 Å². The minimum Gasteiger partial charge on any atom is -0.478 e. The Bertz CT molecular complexity index is 636. The van der Waals surface area contributed by atoms with Crippen LogP contribution < -0.4 is 11.1 Å². The zero-order chi connectivity index (χ0) is 14.0. The zero-order valence-electron chi connectivity index (χ0n) is 10.9. The number of aromatic carboxylic acids is 1. The van der Waals surface area contributed by atoms with Crippen LogP contribution >= 0.6 is 0 Å². The Hall–Kier alpha value is -2.49. The number of benzene rings is 2. The minimum absolute atomic E-state index is 0.168. The second-order valence-corrected chi connectivity index (χ2v) is 4.45. The number of nitrogen functional groups attached to an aromatic ring is 1. The van der Waals surface area contributed by atoms with Gasteiger partial charge >= 0.3 is 5.97 Å². The smallest absolute Gasteiger partial charge is 0.337 e. The summed E-state index contributed by atoms with van der Waals surface area (Å²) in [5.41, 5.74) is 9.96. The van der Waals surface area contributed by atoms with Crippen LogP contribution in [0.25, 0.3) is 0 Å². The molecule has 0 unspecified atom stereocenters. The summed E-state index contributed by atoms with van der Waals surface area (Å²) >= 11 is 0. The van der Waals surface area contributed by atoms with Crippen molar-refractivity contribution >= 4 is 23.0 Å². The Balaban J connectivity index is 2.49. The van der Waals surface area contributed by atoms with Gasteiger partial charge in [0.1, 0.15) is 0 Å². The molecule has 2 aromatic carbocycles. The Morgan fingerprint density at radius 3 is 2.53 bits per heavy atom. The highest BCUT2D eigenvalue weighted by Crippen LogP contribution is 2.29. The van der Waals surface area contributed by atoms with Crippen LogP contribution in [-0.2, 0) is 0 Å². The second-order valence-electron chi connectivity index (χ2n) is 4.45. The summed E-state index contributed by atoms with van der Waals surface area (Å²) in [5.74, 6) is -1.000. The quantitative estimate of drug-likeness (QED) is 0.736. The third-order valence-corrected chi connectivity index (χ3v) is 3.19. The van der Waals surface area contributed by atoms with E-state index in [2.05, 4.69) is 5.32 Å². The number of aryl methyl sites for hydroxylation is 1. The average Bonchev–Trinajstić information content (AvgIpc) is 2.36. The van der Waals surface area contributed by atoms with Crippen LogP contribution in [0.1, 0.15) is 21.5 Å². The number of nitrogens with two attached hydrogens (primary N) is 1. The van der Waals surface area contributed by atoms with Crippen molar-refractivity contribution in [1.82, 2.24) is 0 Å². The number of carbonyl (C=O) groups is 1. The molecular weight excluding hydrogens is 240 g/mol.